The molecule has 3 aliphatic heterocycles. The van der Waals surface area contributed by atoms with Gasteiger partial charge < -0.3 is 30.5 Å². The standard InChI is InChI=1S/C40H38N6O7S2/c1-44-18-20-45(21-19-44)28-14-12-24(13-15-28)30-17-16-29(34(47)41-30)35(48)42-31(25-8-4-2-5-9-25)36(49)43-32-37(50)46-33(39(51)52)27(22-54-38(32)46)23-55-40(53)26-10-6-3-7-11-26/h2-17,31-32,38H,18-23H2,1H3,(H,41,47)(H,42,48)(H,43,49)(H,51,52)/t31-,32?,38-/m1/s1. The molecule has 4 heterocycles. The van der Waals surface area contributed by atoms with Crippen molar-refractivity contribution in [1.82, 2.24) is 25.4 Å². The van der Waals surface area contributed by atoms with E-state index >= 15 is 0 Å². The lowest BCUT2D eigenvalue weighted by Gasteiger charge is -2.49. The van der Waals surface area contributed by atoms with Gasteiger partial charge >= 0.3 is 5.97 Å². The molecule has 282 valence electrons. The van der Waals surface area contributed by atoms with Gasteiger partial charge in [-0.15, -0.1) is 11.8 Å². The summed E-state index contributed by atoms with van der Waals surface area (Å²) >= 11 is 2.24. The van der Waals surface area contributed by atoms with E-state index in [0.717, 1.165) is 54.1 Å². The number of nitrogens with one attached hydrogen (secondary N) is 3. The van der Waals surface area contributed by atoms with Crippen molar-refractivity contribution in [3.8, 4) is 11.3 Å². The first-order valence-corrected chi connectivity index (χ1v) is 19.7. The second-order valence-corrected chi connectivity index (χ2v) is 15.4. The van der Waals surface area contributed by atoms with Gasteiger partial charge in [0.25, 0.3) is 17.4 Å². The Morgan fingerprint density at radius 3 is 2.22 bits per heavy atom. The minimum absolute atomic E-state index is 0.0846. The van der Waals surface area contributed by atoms with Gasteiger partial charge in [0.05, 0.1) is 0 Å². The van der Waals surface area contributed by atoms with Crippen LogP contribution in [0.3, 0.4) is 0 Å². The lowest BCUT2D eigenvalue weighted by Crippen LogP contribution is -2.71. The number of H-pyrrole nitrogens is 1. The van der Waals surface area contributed by atoms with Crippen molar-refractivity contribution in [3.63, 3.8) is 0 Å². The van der Waals surface area contributed by atoms with E-state index in [2.05, 4.69) is 32.5 Å². The first-order valence-electron chi connectivity index (χ1n) is 17.6. The molecule has 55 heavy (non-hydrogen) atoms. The van der Waals surface area contributed by atoms with Crippen LogP contribution in [0.25, 0.3) is 11.3 Å². The van der Waals surface area contributed by atoms with Gasteiger partial charge in [0, 0.05) is 54.6 Å². The number of carbonyl (C=O) groups is 5. The van der Waals surface area contributed by atoms with Crippen LogP contribution < -0.4 is 21.1 Å². The summed E-state index contributed by atoms with van der Waals surface area (Å²) in [7, 11) is 2.10. The van der Waals surface area contributed by atoms with Crippen LogP contribution in [0.4, 0.5) is 5.69 Å². The number of aromatic nitrogens is 1. The minimum atomic E-state index is -1.31. The third-order valence-corrected chi connectivity index (χ3v) is 12.1. The number of carboxylic acid groups (broad SMARTS) is 1. The third kappa shape index (κ3) is 8.09. The Morgan fingerprint density at radius 1 is 0.891 bits per heavy atom. The SMILES string of the molecule is CN1CCN(c2ccc(-c3ccc(C(=O)N[C@@H](C(=O)NC4C(=O)N5C(C(=O)O)=C(CSC(=O)c6ccccc6)CS[C@H]45)c4ccccc4)c(=O)[nH]3)cc2)CC1. The Morgan fingerprint density at radius 2 is 1.56 bits per heavy atom. The summed E-state index contributed by atoms with van der Waals surface area (Å²) in [6.07, 6.45) is 0. The summed E-state index contributed by atoms with van der Waals surface area (Å²) in [5, 5.41) is 14.5. The number of carbonyl (C=O) groups excluding carboxylic acids is 4. The van der Waals surface area contributed by atoms with Crippen molar-refractivity contribution < 1.29 is 29.1 Å². The summed E-state index contributed by atoms with van der Waals surface area (Å²) in [5.74, 6) is -3.11. The van der Waals surface area contributed by atoms with Gasteiger partial charge in [-0.25, -0.2) is 4.79 Å². The molecule has 2 fully saturated rings. The number of thioether (sulfide) groups is 2. The molecule has 0 saturated carbocycles. The number of benzene rings is 3. The van der Waals surface area contributed by atoms with E-state index in [9.17, 15) is 33.9 Å². The molecule has 15 heteroatoms. The number of hydrogen-bond donors (Lipinski definition) is 4. The second-order valence-electron chi connectivity index (χ2n) is 13.4. The van der Waals surface area contributed by atoms with E-state index in [-0.39, 0.29) is 27.9 Å². The largest absolute Gasteiger partial charge is 0.477 e. The first-order chi connectivity index (χ1) is 26.6. The van der Waals surface area contributed by atoms with Crippen molar-refractivity contribution >= 4 is 58.0 Å². The van der Waals surface area contributed by atoms with Crippen molar-refractivity contribution in [2.45, 2.75) is 17.5 Å². The molecule has 3 atom stereocenters. The molecule has 4 N–H and O–H groups in total. The molecule has 3 amide bonds. The maximum absolute atomic E-state index is 13.8. The number of hydrogen-bond acceptors (Lipinski definition) is 10. The van der Waals surface area contributed by atoms with Crippen molar-refractivity contribution in [2.24, 2.45) is 0 Å². The summed E-state index contributed by atoms with van der Waals surface area (Å²) < 4.78 is 0. The van der Waals surface area contributed by atoms with Crippen molar-refractivity contribution in [2.75, 3.05) is 49.6 Å². The number of β-lactam (4-membered cyclic amide) rings is 1. The highest BCUT2D eigenvalue weighted by molar-refractivity contribution is 8.14. The highest BCUT2D eigenvalue weighted by atomic mass is 32.2. The number of aliphatic carboxylic acids is 1. The second kappa shape index (κ2) is 16.4. The highest BCUT2D eigenvalue weighted by Gasteiger charge is 2.54. The zero-order chi connectivity index (χ0) is 38.6. The fourth-order valence-corrected chi connectivity index (χ4v) is 9.06. The zero-order valence-corrected chi connectivity index (χ0v) is 31.4. The Balaban J connectivity index is 1.03. The Hall–Kier alpha value is -5.64. The maximum Gasteiger partial charge on any atom is 0.352 e. The van der Waals surface area contributed by atoms with Crippen LogP contribution in [0.2, 0.25) is 0 Å². The molecule has 3 aromatic carbocycles. The molecule has 0 radical (unpaired) electrons. The van der Waals surface area contributed by atoms with Gasteiger partial charge in [0.2, 0.25) is 11.0 Å². The number of likely N-dealkylation sites (N-methyl/N-ethyl adjacent to an activating group) is 1. The third-order valence-electron chi connectivity index (χ3n) is 9.81. The van der Waals surface area contributed by atoms with Gasteiger partial charge in [0.15, 0.2) is 0 Å². The summed E-state index contributed by atoms with van der Waals surface area (Å²) in [4.78, 5) is 87.7. The van der Waals surface area contributed by atoms with Crippen LogP contribution in [-0.4, -0.2) is 105 Å². The van der Waals surface area contributed by atoms with Gasteiger partial charge in [-0.3, -0.25) is 28.9 Å². The van der Waals surface area contributed by atoms with E-state index in [1.54, 1.807) is 66.7 Å². The number of aromatic amines is 1. The number of rotatable bonds is 11. The van der Waals surface area contributed by atoms with E-state index in [1.807, 2.05) is 24.3 Å². The summed E-state index contributed by atoms with van der Waals surface area (Å²) in [6.45, 7) is 3.82. The van der Waals surface area contributed by atoms with Crippen LogP contribution in [0, 0.1) is 0 Å². The number of fused-ring (bicyclic) bond motifs is 1. The van der Waals surface area contributed by atoms with Crippen LogP contribution >= 0.6 is 23.5 Å². The van der Waals surface area contributed by atoms with E-state index in [4.69, 9.17) is 0 Å². The molecule has 0 spiro atoms. The fraction of sp³-hybridized carbons (Fsp3) is 0.250. The Labute approximate surface area is 325 Å². The average Bonchev–Trinajstić information content (AvgIpc) is 3.21. The molecule has 4 aromatic rings. The number of carboxylic acids is 1. The molecule has 3 aliphatic rings. The minimum Gasteiger partial charge on any atom is -0.477 e. The number of anilines is 1. The quantitative estimate of drug-likeness (QED) is 0.164. The normalized spacial score (nSPS) is 18.9. The molecule has 7 rings (SSSR count). The topological polar surface area (TPSA) is 172 Å². The smallest absolute Gasteiger partial charge is 0.352 e. The lowest BCUT2D eigenvalue weighted by atomic mass is 10.0. The number of piperazine rings is 1. The maximum atomic E-state index is 13.8. The predicted molar refractivity (Wildman–Crippen MR) is 212 cm³/mol. The van der Waals surface area contributed by atoms with Crippen molar-refractivity contribution in [1.29, 1.82) is 0 Å². The van der Waals surface area contributed by atoms with Crippen LogP contribution in [0.15, 0.2) is 113 Å². The zero-order valence-electron chi connectivity index (χ0n) is 29.8. The van der Waals surface area contributed by atoms with Gasteiger partial charge in [-0.1, -0.05) is 84.6 Å². The molecule has 2 saturated heterocycles. The molecule has 1 aromatic heterocycles. The van der Waals surface area contributed by atoms with Crippen LogP contribution in [0.5, 0.6) is 0 Å². The van der Waals surface area contributed by atoms with E-state index in [1.165, 1.54) is 17.8 Å². The fourth-order valence-electron chi connectivity index (χ4n) is 6.73. The Bertz CT molecular complexity index is 2210. The van der Waals surface area contributed by atoms with Gasteiger partial charge in [0.1, 0.15) is 28.7 Å². The van der Waals surface area contributed by atoms with Gasteiger partial charge in [-0.05, 0) is 48.0 Å². The van der Waals surface area contributed by atoms with Crippen LogP contribution in [0.1, 0.15) is 32.3 Å². The average molecular weight is 779 g/mol. The van der Waals surface area contributed by atoms with E-state index < -0.39 is 46.7 Å². The van der Waals surface area contributed by atoms with Crippen LogP contribution in [-0.2, 0) is 14.4 Å². The molecule has 0 aliphatic carbocycles. The van der Waals surface area contributed by atoms with E-state index in [0.29, 0.717) is 22.4 Å². The Kier molecular flexibility index (Phi) is 11.2. The van der Waals surface area contributed by atoms with Crippen molar-refractivity contribution in [3.05, 3.63) is 135 Å². The molecule has 13 nitrogen and oxygen atoms in total. The molecular formula is C40H38N6O7S2. The number of amides is 3. The monoisotopic (exact) mass is 778 g/mol. The lowest BCUT2D eigenvalue weighted by molar-refractivity contribution is -0.151. The number of nitrogens with zero attached hydrogens (tertiary/aromatic N) is 3. The summed E-state index contributed by atoms with van der Waals surface area (Å²) in [5.41, 5.74) is 2.68. The molecule has 0 bridgehead atoms. The number of pyridine rings is 1. The predicted octanol–water partition coefficient (Wildman–Crippen LogP) is 3.58. The molecule has 1 unspecified atom stereocenters. The summed E-state index contributed by atoms with van der Waals surface area (Å²) in [6, 6.07) is 25.6. The molecular weight excluding hydrogens is 741 g/mol. The highest BCUT2D eigenvalue weighted by Crippen LogP contribution is 2.41. The van der Waals surface area contributed by atoms with Gasteiger partial charge in [-0.2, -0.15) is 0 Å². The first kappa shape index (κ1) is 37.7.